The highest BCUT2D eigenvalue weighted by Gasteiger charge is 2.31. The van der Waals surface area contributed by atoms with Crippen LogP contribution in [-0.2, 0) is 0 Å². The Morgan fingerprint density at radius 3 is 2.41 bits per heavy atom. The van der Waals surface area contributed by atoms with Crippen molar-refractivity contribution in [3.05, 3.63) is 0 Å². The van der Waals surface area contributed by atoms with Gasteiger partial charge in [0.2, 0.25) is 0 Å². The van der Waals surface area contributed by atoms with E-state index in [1.807, 2.05) is 11.8 Å². The Bertz CT molecular complexity index is 210. The Balaban J connectivity index is 2.37. The summed E-state index contributed by atoms with van der Waals surface area (Å²) in [5, 5.41) is 13.0. The van der Waals surface area contributed by atoms with E-state index < -0.39 is 0 Å². The van der Waals surface area contributed by atoms with Crippen LogP contribution >= 0.6 is 11.8 Å². The molecule has 1 aliphatic rings. The first-order chi connectivity index (χ1) is 8.10. The van der Waals surface area contributed by atoms with E-state index in [0.29, 0.717) is 4.75 Å². The average molecular weight is 259 g/mol. The fourth-order valence-corrected chi connectivity index (χ4v) is 3.48. The lowest BCUT2D eigenvalue weighted by molar-refractivity contribution is 0.134. The molecule has 0 aliphatic heterocycles. The number of aliphatic hydroxyl groups is 1. The SMILES string of the molecule is CCC(C)(CO)CNCC1(SC)CCCCC1. The fourth-order valence-electron chi connectivity index (χ4n) is 2.53. The second-order valence-electron chi connectivity index (χ2n) is 5.87. The molecule has 0 aromatic rings. The van der Waals surface area contributed by atoms with Crippen molar-refractivity contribution in [2.24, 2.45) is 5.41 Å². The van der Waals surface area contributed by atoms with Gasteiger partial charge in [-0.25, -0.2) is 0 Å². The molecule has 102 valence electrons. The molecule has 2 nitrogen and oxygen atoms in total. The van der Waals surface area contributed by atoms with Gasteiger partial charge >= 0.3 is 0 Å². The predicted molar refractivity (Wildman–Crippen MR) is 77.7 cm³/mol. The van der Waals surface area contributed by atoms with Gasteiger partial charge in [-0.05, 0) is 25.5 Å². The number of rotatable bonds is 7. The maximum absolute atomic E-state index is 9.40. The van der Waals surface area contributed by atoms with Crippen LogP contribution in [0, 0.1) is 5.41 Å². The minimum atomic E-state index is 0.0499. The molecule has 2 N–H and O–H groups in total. The number of thioether (sulfide) groups is 1. The molecule has 0 saturated heterocycles. The summed E-state index contributed by atoms with van der Waals surface area (Å²) in [7, 11) is 0. The highest BCUT2D eigenvalue weighted by Crippen LogP contribution is 2.38. The molecule has 0 aromatic heterocycles. The van der Waals surface area contributed by atoms with Crippen LogP contribution in [0.1, 0.15) is 52.4 Å². The molecule has 0 amide bonds. The molecule has 3 heteroatoms. The number of nitrogens with one attached hydrogen (secondary N) is 1. The lowest BCUT2D eigenvalue weighted by atomic mass is 9.86. The normalized spacial score (nSPS) is 23.3. The lowest BCUT2D eigenvalue weighted by Crippen LogP contribution is -2.43. The second kappa shape index (κ2) is 7.01. The van der Waals surface area contributed by atoms with E-state index >= 15 is 0 Å². The number of hydrogen-bond acceptors (Lipinski definition) is 3. The van der Waals surface area contributed by atoms with Crippen molar-refractivity contribution in [3.63, 3.8) is 0 Å². The maximum Gasteiger partial charge on any atom is 0.0496 e. The van der Waals surface area contributed by atoms with Crippen molar-refractivity contribution in [1.29, 1.82) is 0 Å². The summed E-state index contributed by atoms with van der Waals surface area (Å²) in [5.41, 5.74) is 0.0499. The molecule has 1 unspecified atom stereocenters. The van der Waals surface area contributed by atoms with Gasteiger partial charge in [0.05, 0.1) is 0 Å². The van der Waals surface area contributed by atoms with Crippen molar-refractivity contribution in [2.45, 2.75) is 57.1 Å². The summed E-state index contributed by atoms with van der Waals surface area (Å²) in [6.45, 7) is 6.63. The van der Waals surface area contributed by atoms with Gasteiger partial charge < -0.3 is 10.4 Å². The lowest BCUT2D eigenvalue weighted by Gasteiger charge is -2.37. The summed E-state index contributed by atoms with van der Waals surface area (Å²) in [6, 6.07) is 0. The third kappa shape index (κ3) is 4.46. The van der Waals surface area contributed by atoms with Crippen molar-refractivity contribution in [1.82, 2.24) is 5.32 Å². The molecular formula is C14H29NOS. The maximum atomic E-state index is 9.40. The van der Waals surface area contributed by atoms with Crippen LogP contribution in [-0.4, -0.2) is 35.8 Å². The molecule has 0 spiro atoms. The van der Waals surface area contributed by atoms with Gasteiger partial charge in [0, 0.05) is 29.9 Å². The molecule has 0 aromatic carbocycles. The molecule has 1 atom stereocenters. The highest BCUT2D eigenvalue weighted by atomic mass is 32.2. The van der Waals surface area contributed by atoms with E-state index in [4.69, 9.17) is 0 Å². The standard InChI is InChI=1S/C14H29NOS/c1-4-13(2,12-16)10-15-11-14(17-3)8-6-5-7-9-14/h15-16H,4-12H2,1-3H3. The highest BCUT2D eigenvalue weighted by molar-refractivity contribution is 8.00. The van der Waals surface area contributed by atoms with Crippen LogP contribution < -0.4 is 5.32 Å². The molecule has 1 aliphatic carbocycles. The molecule has 17 heavy (non-hydrogen) atoms. The van der Waals surface area contributed by atoms with Crippen LogP contribution in [0.4, 0.5) is 0 Å². The predicted octanol–water partition coefficient (Wildman–Crippen LogP) is 3.05. The molecule has 0 heterocycles. The van der Waals surface area contributed by atoms with Crippen LogP contribution in [0.2, 0.25) is 0 Å². The smallest absolute Gasteiger partial charge is 0.0496 e. The summed E-state index contributed by atoms with van der Waals surface area (Å²) < 4.78 is 0.461. The van der Waals surface area contributed by atoms with Crippen LogP contribution in [0.25, 0.3) is 0 Å². The zero-order valence-electron chi connectivity index (χ0n) is 11.7. The van der Waals surface area contributed by atoms with E-state index in [2.05, 4.69) is 25.4 Å². The summed E-state index contributed by atoms with van der Waals surface area (Å²) in [6.07, 6.45) is 10.2. The van der Waals surface area contributed by atoms with Crippen LogP contribution in [0.15, 0.2) is 0 Å². The molecule has 1 fully saturated rings. The van der Waals surface area contributed by atoms with E-state index in [1.165, 1.54) is 32.1 Å². The molecular weight excluding hydrogens is 230 g/mol. The van der Waals surface area contributed by atoms with Crippen LogP contribution in [0.5, 0.6) is 0 Å². The van der Waals surface area contributed by atoms with Gasteiger partial charge in [-0.15, -0.1) is 0 Å². The Hall–Kier alpha value is 0.270. The molecule has 1 saturated carbocycles. The van der Waals surface area contributed by atoms with Gasteiger partial charge in [0.25, 0.3) is 0 Å². The number of aliphatic hydroxyl groups excluding tert-OH is 1. The van der Waals surface area contributed by atoms with Gasteiger partial charge in [-0.3, -0.25) is 0 Å². The first-order valence-corrected chi connectivity index (χ1v) is 8.19. The van der Waals surface area contributed by atoms with E-state index in [-0.39, 0.29) is 12.0 Å². The fraction of sp³-hybridized carbons (Fsp3) is 1.00. The largest absolute Gasteiger partial charge is 0.396 e. The Labute approximate surface area is 111 Å². The average Bonchev–Trinajstić information content (AvgIpc) is 2.39. The van der Waals surface area contributed by atoms with Crippen molar-refractivity contribution in [2.75, 3.05) is 26.0 Å². The monoisotopic (exact) mass is 259 g/mol. The first kappa shape index (κ1) is 15.3. The summed E-state index contributed by atoms with van der Waals surface area (Å²) in [5.74, 6) is 0. The zero-order valence-corrected chi connectivity index (χ0v) is 12.5. The zero-order chi connectivity index (χ0) is 12.8. The first-order valence-electron chi connectivity index (χ1n) is 6.96. The van der Waals surface area contributed by atoms with Gasteiger partial charge in [-0.2, -0.15) is 11.8 Å². The molecule has 0 radical (unpaired) electrons. The minimum Gasteiger partial charge on any atom is -0.396 e. The van der Waals surface area contributed by atoms with Crippen molar-refractivity contribution >= 4 is 11.8 Å². The Morgan fingerprint density at radius 2 is 1.94 bits per heavy atom. The van der Waals surface area contributed by atoms with Gasteiger partial charge in [0.1, 0.15) is 0 Å². The third-order valence-electron chi connectivity index (χ3n) is 4.43. The van der Waals surface area contributed by atoms with E-state index in [0.717, 1.165) is 19.5 Å². The van der Waals surface area contributed by atoms with Crippen LogP contribution in [0.3, 0.4) is 0 Å². The van der Waals surface area contributed by atoms with Gasteiger partial charge in [0.15, 0.2) is 0 Å². The second-order valence-corrected chi connectivity index (χ2v) is 7.15. The summed E-state index contributed by atoms with van der Waals surface area (Å²) in [4.78, 5) is 0. The van der Waals surface area contributed by atoms with Gasteiger partial charge in [-0.1, -0.05) is 33.1 Å². The topological polar surface area (TPSA) is 32.3 Å². The number of hydrogen-bond donors (Lipinski definition) is 2. The third-order valence-corrected chi connectivity index (χ3v) is 5.85. The molecule has 0 bridgehead atoms. The van der Waals surface area contributed by atoms with E-state index in [9.17, 15) is 5.11 Å². The summed E-state index contributed by atoms with van der Waals surface area (Å²) >= 11 is 2.03. The van der Waals surface area contributed by atoms with Crippen molar-refractivity contribution in [3.8, 4) is 0 Å². The Kier molecular flexibility index (Phi) is 6.32. The van der Waals surface area contributed by atoms with E-state index in [1.54, 1.807) is 0 Å². The minimum absolute atomic E-state index is 0.0499. The van der Waals surface area contributed by atoms with Crippen molar-refractivity contribution < 1.29 is 5.11 Å². The molecule has 1 rings (SSSR count). The quantitative estimate of drug-likeness (QED) is 0.737. The Morgan fingerprint density at radius 1 is 1.29 bits per heavy atom.